The van der Waals surface area contributed by atoms with Crippen molar-refractivity contribution >= 4 is 11.8 Å². The summed E-state index contributed by atoms with van der Waals surface area (Å²) < 4.78 is 0. The Hall–Kier alpha value is -1.06. The van der Waals surface area contributed by atoms with Gasteiger partial charge in [-0.25, -0.2) is 0 Å². The number of amides is 2. The lowest BCUT2D eigenvalue weighted by Gasteiger charge is -2.32. The van der Waals surface area contributed by atoms with Gasteiger partial charge in [0.25, 0.3) is 0 Å². The van der Waals surface area contributed by atoms with Crippen LogP contribution in [0, 0.1) is 0 Å². The molecule has 2 amide bonds. The SMILES string of the molecule is CCC(=O)NC1CCN(C(=O)CC)CC1. The molecule has 0 atom stereocenters. The number of hydrogen-bond donors (Lipinski definition) is 1. The fraction of sp³-hybridized carbons (Fsp3) is 0.818. The van der Waals surface area contributed by atoms with Crippen LogP contribution >= 0.6 is 0 Å². The van der Waals surface area contributed by atoms with E-state index >= 15 is 0 Å². The van der Waals surface area contributed by atoms with Crippen molar-refractivity contribution in [1.29, 1.82) is 0 Å². The third kappa shape index (κ3) is 3.53. The van der Waals surface area contributed by atoms with Gasteiger partial charge in [0.05, 0.1) is 0 Å². The van der Waals surface area contributed by atoms with E-state index in [2.05, 4.69) is 5.32 Å². The number of piperidine rings is 1. The highest BCUT2D eigenvalue weighted by molar-refractivity contribution is 5.76. The quantitative estimate of drug-likeness (QED) is 0.756. The molecule has 0 spiro atoms. The normalized spacial score (nSPS) is 17.6. The standard InChI is InChI=1S/C11H20N2O2/c1-3-10(14)12-9-5-7-13(8-6-9)11(15)4-2/h9H,3-8H2,1-2H3,(H,12,14). The maximum absolute atomic E-state index is 11.4. The topological polar surface area (TPSA) is 49.4 Å². The number of carbonyl (C=O) groups is 2. The zero-order valence-corrected chi connectivity index (χ0v) is 9.58. The minimum atomic E-state index is 0.107. The molecule has 1 fully saturated rings. The van der Waals surface area contributed by atoms with Crippen LogP contribution in [0.15, 0.2) is 0 Å². The Labute approximate surface area is 91.0 Å². The number of nitrogens with zero attached hydrogens (tertiary/aromatic N) is 1. The Morgan fingerprint density at radius 3 is 2.27 bits per heavy atom. The molecule has 0 bridgehead atoms. The predicted octanol–water partition coefficient (Wildman–Crippen LogP) is 0.914. The van der Waals surface area contributed by atoms with Crippen molar-refractivity contribution in [1.82, 2.24) is 10.2 Å². The fourth-order valence-electron chi connectivity index (χ4n) is 1.83. The van der Waals surface area contributed by atoms with Gasteiger partial charge in [-0.3, -0.25) is 9.59 Å². The summed E-state index contributed by atoms with van der Waals surface area (Å²) in [5, 5.41) is 2.97. The van der Waals surface area contributed by atoms with Crippen LogP contribution in [0.3, 0.4) is 0 Å². The molecule has 15 heavy (non-hydrogen) atoms. The first-order valence-electron chi connectivity index (χ1n) is 5.74. The lowest BCUT2D eigenvalue weighted by molar-refractivity contribution is -0.132. The largest absolute Gasteiger partial charge is 0.353 e. The van der Waals surface area contributed by atoms with Crippen LogP contribution in [0.5, 0.6) is 0 Å². The summed E-state index contributed by atoms with van der Waals surface area (Å²) in [6.45, 7) is 5.29. The van der Waals surface area contributed by atoms with E-state index in [1.54, 1.807) is 0 Å². The second-order valence-corrected chi connectivity index (χ2v) is 3.93. The summed E-state index contributed by atoms with van der Waals surface area (Å²) in [6.07, 6.45) is 2.88. The second kappa shape index (κ2) is 5.73. The number of nitrogens with one attached hydrogen (secondary N) is 1. The molecule has 0 unspecified atom stereocenters. The van der Waals surface area contributed by atoms with E-state index in [4.69, 9.17) is 0 Å². The Morgan fingerprint density at radius 2 is 1.80 bits per heavy atom. The second-order valence-electron chi connectivity index (χ2n) is 3.93. The van der Waals surface area contributed by atoms with Gasteiger partial charge >= 0.3 is 0 Å². The summed E-state index contributed by atoms with van der Waals surface area (Å²) in [5.74, 6) is 0.325. The summed E-state index contributed by atoms with van der Waals surface area (Å²) >= 11 is 0. The molecule has 0 radical (unpaired) electrons. The Morgan fingerprint density at radius 1 is 1.20 bits per heavy atom. The molecular weight excluding hydrogens is 192 g/mol. The Bertz CT molecular complexity index is 233. The number of carbonyl (C=O) groups excluding carboxylic acids is 2. The highest BCUT2D eigenvalue weighted by atomic mass is 16.2. The molecule has 1 N–H and O–H groups in total. The van der Waals surface area contributed by atoms with Gasteiger partial charge in [-0.2, -0.15) is 0 Å². The first kappa shape index (κ1) is 12.0. The minimum absolute atomic E-state index is 0.107. The van der Waals surface area contributed by atoms with Gasteiger partial charge in [-0.05, 0) is 12.8 Å². The van der Waals surface area contributed by atoms with E-state index in [0.29, 0.717) is 12.8 Å². The molecule has 1 aliphatic heterocycles. The van der Waals surface area contributed by atoms with Gasteiger partial charge in [-0.1, -0.05) is 13.8 Å². The van der Waals surface area contributed by atoms with E-state index < -0.39 is 0 Å². The van der Waals surface area contributed by atoms with Crippen molar-refractivity contribution in [3.05, 3.63) is 0 Å². The van der Waals surface area contributed by atoms with Crippen molar-refractivity contribution in [3.63, 3.8) is 0 Å². The maximum atomic E-state index is 11.4. The first-order valence-corrected chi connectivity index (χ1v) is 5.74. The van der Waals surface area contributed by atoms with Crippen LogP contribution in [0.4, 0.5) is 0 Å². The first-order chi connectivity index (χ1) is 7.17. The Kier molecular flexibility index (Phi) is 4.59. The molecule has 1 aliphatic rings. The maximum Gasteiger partial charge on any atom is 0.222 e. The van der Waals surface area contributed by atoms with Gasteiger partial charge < -0.3 is 10.2 Å². The average molecular weight is 212 g/mol. The van der Waals surface area contributed by atoms with Gasteiger partial charge in [0.15, 0.2) is 0 Å². The molecule has 4 heteroatoms. The average Bonchev–Trinajstić information content (AvgIpc) is 2.29. The molecular formula is C11H20N2O2. The number of likely N-dealkylation sites (tertiary alicyclic amines) is 1. The zero-order chi connectivity index (χ0) is 11.3. The van der Waals surface area contributed by atoms with Gasteiger partial charge in [-0.15, -0.1) is 0 Å². The molecule has 4 nitrogen and oxygen atoms in total. The van der Waals surface area contributed by atoms with E-state index in [-0.39, 0.29) is 17.9 Å². The lowest BCUT2D eigenvalue weighted by Crippen LogP contribution is -2.46. The predicted molar refractivity (Wildman–Crippen MR) is 58.3 cm³/mol. The minimum Gasteiger partial charge on any atom is -0.353 e. The van der Waals surface area contributed by atoms with E-state index in [9.17, 15) is 9.59 Å². The van der Waals surface area contributed by atoms with Crippen LogP contribution in [-0.2, 0) is 9.59 Å². The van der Waals surface area contributed by atoms with Crippen LogP contribution in [0.1, 0.15) is 39.5 Å². The lowest BCUT2D eigenvalue weighted by atomic mass is 10.0. The van der Waals surface area contributed by atoms with Crippen LogP contribution in [-0.4, -0.2) is 35.8 Å². The molecule has 0 aliphatic carbocycles. The number of rotatable bonds is 3. The van der Waals surface area contributed by atoms with Crippen molar-refractivity contribution in [3.8, 4) is 0 Å². The molecule has 1 rings (SSSR count). The van der Waals surface area contributed by atoms with Crippen molar-refractivity contribution in [2.24, 2.45) is 0 Å². The van der Waals surface area contributed by atoms with Crippen molar-refractivity contribution in [2.45, 2.75) is 45.6 Å². The molecule has 86 valence electrons. The Balaban J connectivity index is 2.29. The van der Waals surface area contributed by atoms with Crippen LogP contribution in [0.2, 0.25) is 0 Å². The highest BCUT2D eigenvalue weighted by Gasteiger charge is 2.22. The van der Waals surface area contributed by atoms with E-state index in [0.717, 1.165) is 25.9 Å². The van der Waals surface area contributed by atoms with E-state index in [1.807, 2.05) is 18.7 Å². The summed E-state index contributed by atoms with van der Waals surface area (Å²) in [6, 6.07) is 0.262. The highest BCUT2D eigenvalue weighted by Crippen LogP contribution is 2.11. The third-order valence-electron chi connectivity index (χ3n) is 2.84. The molecule has 0 aromatic heterocycles. The van der Waals surface area contributed by atoms with Crippen LogP contribution < -0.4 is 5.32 Å². The van der Waals surface area contributed by atoms with Gasteiger partial charge in [0.2, 0.25) is 11.8 Å². The van der Waals surface area contributed by atoms with E-state index in [1.165, 1.54) is 0 Å². The number of hydrogen-bond acceptors (Lipinski definition) is 2. The zero-order valence-electron chi connectivity index (χ0n) is 9.58. The van der Waals surface area contributed by atoms with Crippen LogP contribution in [0.25, 0.3) is 0 Å². The van der Waals surface area contributed by atoms with Crippen molar-refractivity contribution < 1.29 is 9.59 Å². The summed E-state index contributed by atoms with van der Waals surface area (Å²) in [5.41, 5.74) is 0. The molecule has 0 aromatic carbocycles. The van der Waals surface area contributed by atoms with Gasteiger partial charge in [0.1, 0.15) is 0 Å². The monoisotopic (exact) mass is 212 g/mol. The summed E-state index contributed by atoms with van der Waals surface area (Å²) in [7, 11) is 0. The van der Waals surface area contributed by atoms with Crippen molar-refractivity contribution in [2.75, 3.05) is 13.1 Å². The smallest absolute Gasteiger partial charge is 0.222 e. The van der Waals surface area contributed by atoms with Gasteiger partial charge in [0, 0.05) is 32.0 Å². The summed E-state index contributed by atoms with van der Waals surface area (Å²) in [4.78, 5) is 24.4. The molecule has 0 aromatic rings. The molecule has 0 saturated carbocycles. The fourth-order valence-corrected chi connectivity index (χ4v) is 1.83. The molecule has 1 heterocycles. The molecule has 1 saturated heterocycles. The third-order valence-corrected chi connectivity index (χ3v) is 2.84.